The zero-order chi connectivity index (χ0) is 22.0. The highest BCUT2D eigenvalue weighted by Gasteiger charge is 2.31. The molecule has 0 aliphatic carbocycles. The van der Waals surface area contributed by atoms with Crippen molar-refractivity contribution in [3.63, 3.8) is 0 Å². The van der Waals surface area contributed by atoms with Gasteiger partial charge in [0.1, 0.15) is 0 Å². The van der Waals surface area contributed by atoms with E-state index in [-0.39, 0.29) is 26.3 Å². The average molecular weight is 469 g/mol. The Morgan fingerprint density at radius 3 is 2.45 bits per heavy atom. The van der Waals surface area contributed by atoms with E-state index in [1.807, 2.05) is 0 Å². The summed E-state index contributed by atoms with van der Waals surface area (Å²) < 4.78 is 61.4. The van der Waals surface area contributed by atoms with Gasteiger partial charge in [0.2, 0.25) is 5.91 Å². The molecule has 1 amide bonds. The Morgan fingerprint density at radius 2 is 1.90 bits per heavy atom. The van der Waals surface area contributed by atoms with Crippen LogP contribution in [0.3, 0.4) is 0 Å². The largest absolute Gasteiger partial charge is 0.416 e. The van der Waals surface area contributed by atoms with Crippen molar-refractivity contribution < 1.29 is 31.3 Å². The molecule has 0 saturated carbocycles. The maximum atomic E-state index is 12.8. The van der Waals surface area contributed by atoms with Gasteiger partial charge in [0.25, 0.3) is 5.69 Å². The molecule has 0 radical (unpaired) electrons. The van der Waals surface area contributed by atoms with E-state index in [0.717, 1.165) is 42.3 Å². The standard InChI is InChI=1S/C16H12ClF3N2O5S2/c1-29(26,27)10-3-5-14(13(7-10)22(24)25)28-8-15(23)21-12-6-9(16(18,19)20)2-4-11(12)17/h2-7H,8H2,1H3,(H,21,23). The molecule has 2 rings (SSSR count). The van der Waals surface area contributed by atoms with Crippen LogP contribution in [-0.2, 0) is 20.8 Å². The molecule has 29 heavy (non-hydrogen) atoms. The van der Waals surface area contributed by atoms with Crippen molar-refractivity contribution in [3.8, 4) is 0 Å². The average Bonchev–Trinajstić information content (AvgIpc) is 2.59. The van der Waals surface area contributed by atoms with Crippen LogP contribution in [0.1, 0.15) is 5.56 Å². The van der Waals surface area contributed by atoms with Crippen molar-refractivity contribution in [1.82, 2.24) is 0 Å². The van der Waals surface area contributed by atoms with Crippen LogP contribution in [0.15, 0.2) is 46.2 Å². The smallest absolute Gasteiger partial charge is 0.324 e. The van der Waals surface area contributed by atoms with E-state index >= 15 is 0 Å². The number of rotatable bonds is 6. The van der Waals surface area contributed by atoms with Gasteiger partial charge in [0.05, 0.1) is 36.7 Å². The first-order valence-electron chi connectivity index (χ1n) is 7.57. The van der Waals surface area contributed by atoms with Crippen LogP contribution in [0.2, 0.25) is 5.02 Å². The lowest BCUT2D eigenvalue weighted by molar-refractivity contribution is -0.388. The van der Waals surface area contributed by atoms with Gasteiger partial charge >= 0.3 is 6.18 Å². The third kappa shape index (κ3) is 6.08. The first kappa shape index (κ1) is 23.0. The second-order valence-electron chi connectivity index (χ2n) is 5.69. The lowest BCUT2D eigenvalue weighted by Gasteiger charge is -2.11. The second kappa shape index (κ2) is 8.59. The molecular weight excluding hydrogens is 457 g/mol. The lowest BCUT2D eigenvalue weighted by Crippen LogP contribution is -2.15. The monoisotopic (exact) mass is 468 g/mol. The van der Waals surface area contributed by atoms with Crippen molar-refractivity contribution in [2.75, 3.05) is 17.3 Å². The molecule has 156 valence electrons. The third-order valence-electron chi connectivity index (χ3n) is 3.48. The number of nitrogens with zero attached hydrogens (tertiary/aromatic N) is 1. The second-order valence-corrected chi connectivity index (χ2v) is 9.13. The Morgan fingerprint density at radius 1 is 1.24 bits per heavy atom. The van der Waals surface area contributed by atoms with E-state index in [1.54, 1.807) is 0 Å². The summed E-state index contributed by atoms with van der Waals surface area (Å²) in [5.74, 6) is -1.14. The number of benzene rings is 2. The molecule has 0 saturated heterocycles. The molecule has 0 aliphatic heterocycles. The number of hydrogen-bond acceptors (Lipinski definition) is 6. The van der Waals surface area contributed by atoms with E-state index < -0.39 is 38.1 Å². The van der Waals surface area contributed by atoms with Crippen molar-refractivity contribution in [1.29, 1.82) is 0 Å². The normalized spacial score (nSPS) is 11.9. The van der Waals surface area contributed by atoms with Gasteiger partial charge in [0, 0.05) is 12.3 Å². The molecule has 2 aromatic rings. The first-order chi connectivity index (χ1) is 13.3. The maximum absolute atomic E-state index is 12.8. The fourth-order valence-electron chi connectivity index (χ4n) is 2.12. The number of anilines is 1. The molecule has 0 aromatic heterocycles. The number of nitro benzene ring substituents is 1. The van der Waals surface area contributed by atoms with Gasteiger partial charge in [-0.3, -0.25) is 14.9 Å². The highest BCUT2D eigenvalue weighted by molar-refractivity contribution is 8.00. The maximum Gasteiger partial charge on any atom is 0.416 e. The molecule has 0 atom stereocenters. The highest BCUT2D eigenvalue weighted by Crippen LogP contribution is 2.35. The van der Waals surface area contributed by atoms with Crippen LogP contribution in [0, 0.1) is 10.1 Å². The van der Waals surface area contributed by atoms with Crippen LogP contribution in [-0.4, -0.2) is 31.3 Å². The Hall–Kier alpha value is -2.31. The minimum atomic E-state index is -4.62. The van der Waals surface area contributed by atoms with Gasteiger partial charge in [-0.05, 0) is 30.3 Å². The predicted molar refractivity (Wildman–Crippen MR) is 102 cm³/mol. The summed E-state index contributed by atoms with van der Waals surface area (Å²) in [7, 11) is -3.67. The topological polar surface area (TPSA) is 106 Å². The number of halogens is 4. The molecule has 0 heterocycles. The molecule has 13 heteroatoms. The number of amides is 1. The Bertz CT molecular complexity index is 1070. The number of alkyl halides is 3. The van der Waals surface area contributed by atoms with Gasteiger partial charge in [-0.15, -0.1) is 11.8 Å². The fourth-order valence-corrected chi connectivity index (χ4v) is 3.73. The third-order valence-corrected chi connectivity index (χ3v) is 5.98. The zero-order valence-corrected chi connectivity index (χ0v) is 16.9. The molecule has 0 spiro atoms. The van der Waals surface area contributed by atoms with Crippen LogP contribution < -0.4 is 5.32 Å². The van der Waals surface area contributed by atoms with Crippen molar-refractivity contribution in [2.45, 2.75) is 16.0 Å². The Labute approximate surface area is 172 Å². The summed E-state index contributed by atoms with van der Waals surface area (Å²) in [5, 5.41) is 13.3. The highest BCUT2D eigenvalue weighted by atomic mass is 35.5. The molecule has 2 aromatic carbocycles. The quantitative estimate of drug-likeness (QED) is 0.382. The number of hydrogen-bond donors (Lipinski definition) is 1. The predicted octanol–water partition coefficient (Wildman–Crippen LogP) is 4.40. The van der Waals surface area contributed by atoms with Crippen molar-refractivity contribution in [2.24, 2.45) is 0 Å². The Kier molecular flexibility index (Phi) is 6.81. The van der Waals surface area contributed by atoms with E-state index in [9.17, 15) is 36.5 Å². The molecule has 1 N–H and O–H groups in total. The van der Waals surface area contributed by atoms with E-state index in [0.29, 0.717) is 6.07 Å². The van der Waals surface area contributed by atoms with Gasteiger partial charge in [-0.25, -0.2) is 8.42 Å². The SMILES string of the molecule is CS(=O)(=O)c1ccc(SCC(=O)Nc2cc(C(F)(F)F)ccc2Cl)c([N+](=O)[O-])c1. The fraction of sp³-hybridized carbons (Fsp3) is 0.188. The van der Waals surface area contributed by atoms with Crippen molar-refractivity contribution >= 4 is 50.5 Å². The van der Waals surface area contributed by atoms with E-state index in [1.165, 1.54) is 6.07 Å². The molecule has 0 aliphatic rings. The summed E-state index contributed by atoms with van der Waals surface area (Å²) in [5.41, 5.74) is -1.77. The van der Waals surface area contributed by atoms with Gasteiger partial charge < -0.3 is 5.32 Å². The summed E-state index contributed by atoms with van der Waals surface area (Å²) in [4.78, 5) is 22.2. The molecular formula is C16H12ClF3N2O5S2. The zero-order valence-electron chi connectivity index (χ0n) is 14.5. The number of nitro groups is 1. The molecule has 7 nitrogen and oxygen atoms in total. The first-order valence-corrected chi connectivity index (χ1v) is 10.8. The summed E-state index contributed by atoms with van der Waals surface area (Å²) >= 11 is 6.52. The van der Waals surface area contributed by atoms with Gasteiger partial charge in [-0.1, -0.05) is 11.6 Å². The van der Waals surface area contributed by atoms with Gasteiger partial charge in [0.15, 0.2) is 9.84 Å². The summed E-state index contributed by atoms with van der Waals surface area (Å²) in [6.45, 7) is 0. The van der Waals surface area contributed by atoms with Crippen LogP contribution >= 0.6 is 23.4 Å². The number of thioether (sulfide) groups is 1. The molecule has 0 unspecified atom stereocenters. The molecule has 0 bridgehead atoms. The molecule has 0 fully saturated rings. The number of carbonyl (C=O) groups is 1. The van der Waals surface area contributed by atoms with Crippen molar-refractivity contribution in [3.05, 3.63) is 57.1 Å². The minimum Gasteiger partial charge on any atom is -0.324 e. The van der Waals surface area contributed by atoms with Crippen LogP contribution in [0.5, 0.6) is 0 Å². The van der Waals surface area contributed by atoms with E-state index in [4.69, 9.17) is 11.6 Å². The lowest BCUT2D eigenvalue weighted by atomic mass is 10.2. The number of carbonyl (C=O) groups excluding carboxylic acids is 1. The summed E-state index contributed by atoms with van der Waals surface area (Å²) in [6.07, 6.45) is -3.73. The number of nitrogens with one attached hydrogen (secondary N) is 1. The Balaban J connectivity index is 2.17. The van der Waals surface area contributed by atoms with E-state index in [2.05, 4.69) is 5.32 Å². The minimum absolute atomic E-state index is 0.0210. The van der Waals surface area contributed by atoms with Gasteiger partial charge in [-0.2, -0.15) is 13.2 Å². The number of sulfone groups is 1. The van der Waals surface area contributed by atoms with Crippen LogP contribution in [0.25, 0.3) is 0 Å². The van der Waals surface area contributed by atoms with Crippen LogP contribution in [0.4, 0.5) is 24.5 Å². The summed E-state index contributed by atoms with van der Waals surface area (Å²) in [6, 6.07) is 5.64.